The molecule has 158 valence electrons. The minimum atomic E-state index is -3.16. The van der Waals surface area contributed by atoms with E-state index < -0.39 is 27.8 Å². The Morgan fingerprint density at radius 1 is 1.03 bits per heavy atom. The van der Waals surface area contributed by atoms with Crippen molar-refractivity contribution in [2.75, 3.05) is 23.0 Å². The van der Waals surface area contributed by atoms with Crippen LogP contribution in [0, 0.1) is 0 Å². The van der Waals surface area contributed by atoms with E-state index >= 15 is 0 Å². The van der Waals surface area contributed by atoms with Crippen LogP contribution in [0.2, 0.25) is 0 Å². The largest absolute Gasteiger partial charge is 0.368 e. The normalized spacial score (nSPS) is 22.9. The van der Waals surface area contributed by atoms with Gasteiger partial charge in [-0.25, -0.2) is 8.42 Å². The summed E-state index contributed by atoms with van der Waals surface area (Å²) in [6.07, 6.45) is 0.868. The lowest BCUT2D eigenvalue weighted by atomic mass is 9.93. The molecule has 2 amide bonds. The van der Waals surface area contributed by atoms with E-state index in [9.17, 15) is 18.0 Å². The van der Waals surface area contributed by atoms with Crippen molar-refractivity contribution < 1.29 is 18.0 Å². The lowest BCUT2D eigenvalue weighted by Crippen LogP contribution is -2.53. The van der Waals surface area contributed by atoms with Gasteiger partial charge in [0.25, 0.3) is 0 Å². The van der Waals surface area contributed by atoms with Crippen LogP contribution in [0.5, 0.6) is 0 Å². The molecule has 2 aromatic carbocycles. The minimum Gasteiger partial charge on any atom is -0.368 e. The van der Waals surface area contributed by atoms with Crippen LogP contribution >= 0.6 is 0 Å². The highest BCUT2D eigenvalue weighted by atomic mass is 32.2. The number of nitrogens with two attached hydrogens (primary N) is 1. The molecule has 7 nitrogen and oxygen atoms in total. The first-order valence-corrected chi connectivity index (χ1v) is 11.8. The van der Waals surface area contributed by atoms with Gasteiger partial charge in [0.05, 0.1) is 30.1 Å². The Labute approximate surface area is 176 Å². The maximum absolute atomic E-state index is 13.4. The number of fused-ring (bicyclic) bond motifs is 1. The fourth-order valence-electron chi connectivity index (χ4n) is 4.40. The second-order valence-corrected chi connectivity index (χ2v) is 10.2. The zero-order valence-electron chi connectivity index (χ0n) is 16.6. The van der Waals surface area contributed by atoms with E-state index in [1.165, 1.54) is 0 Å². The number of amides is 2. The number of anilines is 1. The summed E-state index contributed by atoms with van der Waals surface area (Å²) in [6, 6.07) is 15.9. The predicted molar refractivity (Wildman–Crippen MR) is 115 cm³/mol. The molecular weight excluding hydrogens is 402 g/mol. The summed E-state index contributed by atoms with van der Waals surface area (Å²) < 4.78 is 24.1. The summed E-state index contributed by atoms with van der Waals surface area (Å²) in [5.41, 5.74) is 8.44. The van der Waals surface area contributed by atoms with Crippen LogP contribution in [0.1, 0.15) is 17.5 Å². The Bertz CT molecular complexity index is 1060. The molecule has 0 unspecified atom stereocenters. The van der Waals surface area contributed by atoms with Crippen molar-refractivity contribution in [1.82, 2.24) is 4.90 Å². The van der Waals surface area contributed by atoms with Crippen LogP contribution in [0.4, 0.5) is 5.69 Å². The third-order valence-electron chi connectivity index (χ3n) is 5.89. The molecule has 1 saturated heterocycles. The zero-order chi connectivity index (χ0) is 21.3. The Morgan fingerprint density at radius 3 is 2.33 bits per heavy atom. The molecule has 2 aliphatic heterocycles. The maximum atomic E-state index is 13.4. The summed E-state index contributed by atoms with van der Waals surface area (Å²) >= 11 is 0. The number of hydrogen-bond donors (Lipinski definition) is 1. The van der Waals surface area contributed by atoms with Gasteiger partial charge in [-0.05, 0) is 36.1 Å². The number of benzene rings is 2. The van der Waals surface area contributed by atoms with Crippen LogP contribution < -0.4 is 10.6 Å². The molecule has 8 heteroatoms. The highest BCUT2D eigenvalue weighted by molar-refractivity contribution is 7.91. The van der Waals surface area contributed by atoms with E-state index in [1.807, 2.05) is 42.5 Å². The molecule has 2 aromatic rings. The quantitative estimate of drug-likeness (QED) is 0.771. The second kappa shape index (κ2) is 8.20. The molecule has 0 spiro atoms. The van der Waals surface area contributed by atoms with Crippen molar-refractivity contribution in [1.29, 1.82) is 0 Å². The van der Waals surface area contributed by atoms with Crippen molar-refractivity contribution in [3.8, 4) is 0 Å². The number of primary amides is 1. The zero-order valence-corrected chi connectivity index (χ0v) is 17.4. The molecule has 30 heavy (non-hydrogen) atoms. The maximum Gasteiger partial charge on any atom is 0.241 e. The van der Waals surface area contributed by atoms with Crippen LogP contribution in [0.25, 0.3) is 0 Å². The van der Waals surface area contributed by atoms with E-state index in [2.05, 4.69) is 0 Å². The van der Waals surface area contributed by atoms with Gasteiger partial charge in [-0.2, -0.15) is 0 Å². The highest BCUT2D eigenvalue weighted by Crippen LogP contribution is 2.27. The highest BCUT2D eigenvalue weighted by Gasteiger charge is 2.38. The Kier molecular flexibility index (Phi) is 5.62. The number of nitrogens with zero attached hydrogens (tertiary/aromatic N) is 2. The fourth-order valence-corrected chi connectivity index (χ4v) is 6.10. The Morgan fingerprint density at radius 2 is 1.70 bits per heavy atom. The molecule has 2 atom stereocenters. The second-order valence-electron chi connectivity index (χ2n) is 7.95. The first-order valence-electron chi connectivity index (χ1n) is 10.0. The molecule has 0 aliphatic carbocycles. The summed E-state index contributed by atoms with van der Waals surface area (Å²) in [4.78, 5) is 28.9. The van der Waals surface area contributed by atoms with Crippen LogP contribution in [0.15, 0.2) is 54.6 Å². The number of para-hydroxylation sites is 1. The summed E-state index contributed by atoms with van der Waals surface area (Å²) in [6.45, 7) is 0.439. The summed E-state index contributed by atoms with van der Waals surface area (Å²) in [5.74, 6) is -0.661. The van der Waals surface area contributed by atoms with Gasteiger partial charge in [0.2, 0.25) is 11.8 Å². The summed E-state index contributed by atoms with van der Waals surface area (Å²) in [7, 11) is -3.16. The molecule has 0 saturated carbocycles. The topological polar surface area (TPSA) is 101 Å². The summed E-state index contributed by atoms with van der Waals surface area (Å²) in [5, 5.41) is 0. The molecule has 1 fully saturated rings. The predicted octanol–water partition coefficient (Wildman–Crippen LogP) is 1.12. The molecule has 0 radical (unpaired) electrons. The van der Waals surface area contributed by atoms with Gasteiger partial charge in [0.1, 0.15) is 0 Å². The number of hydrogen-bond acceptors (Lipinski definition) is 5. The standard InChI is InChI=1S/C22H25N3O4S/c23-22(27)20-12-16-6-4-5-7-17(16)13-24(20)14-21(26)25(18-8-2-1-3-9-18)19-10-11-30(28,29)15-19/h1-9,19-20H,10-15H2,(H2,23,27)/t19-,20+/m1/s1. The lowest BCUT2D eigenvalue weighted by Gasteiger charge is -2.37. The molecule has 0 bridgehead atoms. The molecule has 2 heterocycles. The van der Waals surface area contributed by atoms with E-state index in [4.69, 9.17) is 5.73 Å². The SMILES string of the molecule is NC(=O)[C@@H]1Cc2ccccc2CN1CC(=O)N(c1ccccc1)[C@@H]1CCS(=O)(=O)C1. The number of carbonyl (C=O) groups is 2. The monoisotopic (exact) mass is 427 g/mol. The van der Waals surface area contributed by atoms with Crippen LogP contribution in [-0.4, -0.2) is 55.3 Å². The van der Waals surface area contributed by atoms with Gasteiger partial charge >= 0.3 is 0 Å². The Balaban J connectivity index is 1.61. The minimum absolute atomic E-state index is 0.00656. The molecule has 4 rings (SSSR count). The van der Waals surface area contributed by atoms with Gasteiger partial charge in [-0.3, -0.25) is 14.5 Å². The number of carbonyl (C=O) groups excluding carboxylic acids is 2. The third kappa shape index (κ3) is 4.24. The number of sulfone groups is 1. The number of rotatable bonds is 5. The van der Waals surface area contributed by atoms with Crippen molar-refractivity contribution in [3.63, 3.8) is 0 Å². The van der Waals surface area contributed by atoms with E-state index in [0.29, 0.717) is 25.1 Å². The van der Waals surface area contributed by atoms with Crippen LogP contribution in [0.3, 0.4) is 0 Å². The van der Waals surface area contributed by atoms with Gasteiger partial charge in [-0.15, -0.1) is 0 Å². The van der Waals surface area contributed by atoms with Gasteiger partial charge in [-0.1, -0.05) is 42.5 Å². The van der Waals surface area contributed by atoms with Crippen molar-refractivity contribution >= 4 is 27.3 Å². The van der Waals surface area contributed by atoms with Gasteiger partial charge < -0.3 is 10.6 Å². The van der Waals surface area contributed by atoms with Gasteiger partial charge in [0.15, 0.2) is 9.84 Å². The van der Waals surface area contributed by atoms with Crippen molar-refractivity contribution in [3.05, 3.63) is 65.7 Å². The van der Waals surface area contributed by atoms with Crippen LogP contribution in [-0.2, 0) is 32.4 Å². The van der Waals surface area contributed by atoms with Crippen molar-refractivity contribution in [2.24, 2.45) is 5.73 Å². The smallest absolute Gasteiger partial charge is 0.241 e. The van der Waals surface area contributed by atoms with Gasteiger partial charge in [0, 0.05) is 12.2 Å². The van der Waals surface area contributed by atoms with E-state index in [0.717, 1.165) is 11.1 Å². The lowest BCUT2D eigenvalue weighted by molar-refractivity contribution is -0.126. The van der Waals surface area contributed by atoms with E-state index in [-0.39, 0.29) is 24.0 Å². The molecule has 2 N–H and O–H groups in total. The first kappa shape index (κ1) is 20.6. The fraction of sp³-hybridized carbons (Fsp3) is 0.364. The average molecular weight is 428 g/mol. The third-order valence-corrected chi connectivity index (χ3v) is 7.64. The van der Waals surface area contributed by atoms with Crippen molar-refractivity contribution in [2.45, 2.75) is 31.5 Å². The van der Waals surface area contributed by atoms with E-state index in [1.54, 1.807) is 21.9 Å². The molecule has 0 aromatic heterocycles. The molecular formula is C22H25N3O4S. The Hall–Kier alpha value is -2.71. The first-order chi connectivity index (χ1) is 14.3. The average Bonchev–Trinajstić information content (AvgIpc) is 3.07. The molecule has 2 aliphatic rings.